The number of rotatable bonds is 6. The number of hydrogen-bond donors (Lipinski definition) is 2. The molecular weight excluding hydrogens is 463 g/mol. The Bertz CT molecular complexity index is 949. The van der Waals surface area contributed by atoms with Gasteiger partial charge in [0.2, 0.25) is 15.9 Å². The molecule has 0 aliphatic heterocycles. The van der Waals surface area contributed by atoms with E-state index < -0.39 is 10.0 Å². The highest BCUT2D eigenvalue weighted by molar-refractivity contribution is 14.1. The first-order valence-corrected chi connectivity index (χ1v) is 10.8. The number of sulfonamides is 1. The van der Waals surface area contributed by atoms with Crippen LogP contribution >= 0.6 is 22.6 Å². The van der Waals surface area contributed by atoms with E-state index in [4.69, 9.17) is 0 Å². The molecule has 0 bridgehead atoms. The summed E-state index contributed by atoms with van der Waals surface area (Å²) in [6, 6.07) is 12.3. The standard InChI is InChI=1S/C19H19IN2O3S/c1-13-12-15(20)5-10-18(13)21-19(23)11-4-14-2-8-17(9-3-14)26(24,25)22-16-6-7-16/h2-5,8-12,16,22H,6-7H2,1H3,(H,21,23). The number of halogens is 1. The molecule has 2 aromatic rings. The highest BCUT2D eigenvalue weighted by Gasteiger charge is 2.27. The van der Waals surface area contributed by atoms with E-state index >= 15 is 0 Å². The summed E-state index contributed by atoms with van der Waals surface area (Å²) in [7, 11) is -3.45. The molecule has 7 heteroatoms. The topological polar surface area (TPSA) is 75.3 Å². The summed E-state index contributed by atoms with van der Waals surface area (Å²) < 4.78 is 28.0. The molecule has 5 nitrogen and oxygen atoms in total. The van der Waals surface area contributed by atoms with E-state index in [1.165, 1.54) is 6.08 Å². The van der Waals surface area contributed by atoms with E-state index in [1.807, 2.05) is 25.1 Å². The molecule has 1 aliphatic carbocycles. The summed E-state index contributed by atoms with van der Waals surface area (Å²) in [6.07, 6.45) is 4.88. The maximum Gasteiger partial charge on any atom is 0.248 e. The molecular formula is C19H19IN2O3S. The first-order valence-electron chi connectivity index (χ1n) is 8.21. The first kappa shape index (κ1) is 19.1. The summed E-state index contributed by atoms with van der Waals surface area (Å²) in [5.74, 6) is -0.235. The van der Waals surface area contributed by atoms with Crippen molar-refractivity contribution in [3.8, 4) is 0 Å². The number of anilines is 1. The number of hydrogen-bond acceptors (Lipinski definition) is 3. The molecule has 0 aromatic heterocycles. The summed E-state index contributed by atoms with van der Waals surface area (Å²) in [5, 5.41) is 2.84. The van der Waals surface area contributed by atoms with Gasteiger partial charge in [-0.25, -0.2) is 13.1 Å². The monoisotopic (exact) mass is 482 g/mol. The Morgan fingerprint density at radius 3 is 2.46 bits per heavy atom. The third-order valence-electron chi connectivity index (χ3n) is 3.96. The Labute approximate surface area is 167 Å². The number of benzene rings is 2. The fraction of sp³-hybridized carbons (Fsp3) is 0.211. The molecule has 0 spiro atoms. The fourth-order valence-corrected chi connectivity index (χ4v) is 4.31. The maximum absolute atomic E-state index is 12.1. The van der Waals surface area contributed by atoms with Gasteiger partial charge in [-0.05, 0) is 89.9 Å². The van der Waals surface area contributed by atoms with Crippen molar-refractivity contribution in [1.29, 1.82) is 0 Å². The van der Waals surface area contributed by atoms with Crippen molar-refractivity contribution in [3.63, 3.8) is 0 Å². The summed E-state index contributed by atoms with van der Waals surface area (Å²) >= 11 is 2.22. The van der Waals surface area contributed by atoms with E-state index in [0.29, 0.717) is 0 Å². The van der Waals surface area contributed by atoms with Gasteiger partial charge in [-0.3, -0.25) is 4.79 Å². The quantitative estimate of drug-likeness (QED) is 0.487. The number of nitrogens with one attached hydrogen (secondary N) is 2. The molecule has 1 fully saturated rings. The van der Waals surface area contributed by atoms with Gasteiger partial charge in [0.15, 0.2) is 0 Å². The average molecular weight is 482 g/mol. The van der Waals surface area contributed by atoms with Gasteiger partial charge < -0.3 is 5.32 Å². The minimum atomic E-state index is -3.45. The van der Waals surface area contributed by atoms with Gasteiger partial charge in [0.05, 0.1) is 4.90 Å². The second kappa shape index (κ2) is 7.89. The second-order valence-corrected chi connectivity index (χ2v) is 9.21. The second-order valence-electron chi connectivity index (χ2n) is 6.25. The van der Waals surface area contributed by atoms with Crippen molar-refractivity contribution in [3.05, 3.63) is 63.2 Å². The summed E-state index contributed by atoms with van der Waals surface area (Å²) in [4.78, 5) is 12.3. The van der Waals surface area contributed by atoms with Crippen LogP contribution in [0, 0.1) is 10.5 Å². The normalized spacial score (nSPS) is 14.5. The van der Waals surface area contributed by atoms with E-state index in [-0.39, 0.29) is 16.8 Å². The minimum Gasteiger partial charge on any atom is -0.322 e. The van der Waals surface area contributed by atoms with Gasteiger partial charge in [0, 0.05) is 21.4 Å². The summed E-state index contributed by atoms with van der Waals surface area (Å²) in [5.41, 5.74) is 2.52. The van der Waals surface area contributed by atoms with Crippen LogP contribution in [0.25, 0.3) is 6.08 Å². The van der Waals surface area contributed by atoms with Crippen molar-refractivity contribution in [1.82, 2.24) is 4.72 Å². The predicted molar refractivity (Wildman–Crippen MR) is 111 cm³/mol. The van der Waals surface area contributed by atoms with Crippen molar-refractivity contribution in [2.24, 2.45) is 0 Å². The maximum atomic E-state index is 12.1. The van der Waals surface area contributed by atoms with Crippen LogP contribution in [0.1, 0.15) is 24.0 Å². The number of carbonyl (C=O) groups is 1. The molecule has 0 atom stereocenters. The zero-order chi connectivity index (χ0) is 18.7. The SMILES string of the molecule is Cc1cc(I)ccc1NC(=O)C=Cc1ccc(S(=O)(=O)NC2CC2)cc1. The Kier molecular flexibility index (Phi) is 5.79. The van der Waals surface area contributed by atoms with Crippen LogP contribution in [-0.4, -0.2) is 20.4 Å². The number of aryl methyl sites for hydroxylation is 1. The predicted octanol–water partition coefficient (Wildman–Crippen LogP) is 3.69. The molecule has 0 unspecified atom stereocenters. The molecule has 2 aromatic carbocycles. The molecule has 1 saturated carbocycles. The number of amides is 1. The van der Waals surface area contributed by atoms with Gasteiger partial charge >= 0.3 is 0 Å². The minimum absolute atomic E-state index is 0.0768. The third kappa shape index (κ3) is 5.15. The van der Waals surface area contributed by atoms with Crippen molar-refractivity contribution in [2.75, 3.05) is 5.32 Å². The van der Waals surface area contributed by atoms with Crippen LogP contribution in [-0.2, 0) is 14.8 Å². The van der Waals surface area contributed by atoms with Crippen LogP contribution in [0.2, 0.25) is 0 Å². The van der Waals surface area contributed by atoms with Gasteiger partial charge in [-0.2, -0.15) is 0 Å². The lowest BCUT2D eigenvalue weighted by molar-refractivity contribution is -0.111. The van der Waals surface area contributed by atoms with Crippen LogP contribution in [0.4, 0.5) is 5.69 Å². The molecule has 0 heterocycles. The van der Waals surface area contributed by atoms with Gasteiger partial charge in [-0.1, -0.05) is 12.1 Å². The number of carbonyl (C=O) groups excluding carboxylic acids is 1. The lowest BCUT2D eigenvalue weighted by atomic mass is 10.2. The van der Waals surface area contributed by atoms with E-state index in [0.717, 1.165) is 33.2 Å². The van der Waals surface area contributed by atoms with Crippen LogP contribution < -0.4 is 10.0 Å². The van der Waals surface area contributed by atoms with Gasteiger partial charge in [0.25, 0.3) is 0 Å². The molecule has 1 aliphatic rings. The molecule has 26 heavy (non-hydrogen) atoms. The average Bonchev–Trinajstić information content (AvgIpc) is 3.39. The largest absolute Gasteiger partial charge is 0.322 e. The Morgan fingerprint density at radius 2 is 1.85 bits per heavy atom. The molecule has 3 rings (SSSR count). The fourth-order valence-electron chi connectivity index (χ4n) is 2.36. The van der Waals surface area contributed by atoms with Gasteiger partial charge in [-0.15, -0.1) is 0 Å². The van der Waals surface area contributed by atoms with Crippen molar-refractivity contribution >= 4 is 50.3 Å². The Hall–Kier alpha value is -1.71. The van der Waals surface area contributed by atoms with Crippen molar-refractivity contribution in [2.45, 2.75) is 30.7 Å². The molecule has 0 saturated heterocycles. The zero-order valence-electron chi connectivity index (χ0n) is 14.2. The first-order chi connectivity index (χ1) is 12.3. The molecule has 136 valence electrons. The van der Waals surface area contributed by atoms with Gasteiger partial charge in [0.1, 0.15) is 0 Å². The van der Waals surface area contributed by atoms with Crippen LogP contribution in [0.15, 0.2) is 53.4 Å². The molecule has 0 radical (unpaired) electrons. The van der Waals surface area contributed by atoms with E-state index in [2.05, 4.69) is 32.6 Å². The zero-order valence-corrected chi connectivity index (χ0v) is 17.2. The lowest BCUT2D eigenvalue weighted by Crippen LogP contribution is -2.25. The van der Waals surface area contributed by atoms with E-state index in [1.54, 1.807) is 30.3 Å². The third-order valence-corrected chi connectivity index (χ3v) is 6.17. The Morgan fingerprint density at radius 1 is 1.15 bits per heavy atom. The highest BCUT2D eigenvalue weighted by atomic mass is 127. The van der Waals surface area contributed by atoms with E-state index in [9.17, 15) is 13.2 Å². The van der Waals surface area contributed by atoms with Crippen LogP contribution in [0.3, 0.4) is 0 Å². The molecule has 2 N–H and O–H groups in total. The highest BCUT2D eigenvalue weighted by Crippen LogP contribution is 2.22. The lowest BCUT2D eigenvalue weighted by Gasteiger charge is -2.07. The smallest absolute Gasteiger partial charge is 0.248 e. The van der Waals surface area contributed by atoms with Crippen molar-refractivity contribution < 1.29 is 13.2 Å². The van der Waals surface area contributed by atoms with Crippen LogP contribution in [0.5, 0.6) is 0 Å². The molecule has 1 amide bonds. The Balaban J connectivity index is 1.63. The summed E-state index contributed by atoms with van der Waals surface area (Å²) in [6.45, 7) is 1.94.